The van der Waals surface area contributed by atoms with Gasteiger partial charge >= 0.3 is 0 Å². The van der Waals surface area contributed by atoms with Gasteiger partial charge in [0.1, 0.15) is 5.82 Å². The van der Waals surface area contributed by atoms with Gasteiger partial charge in [-0.1, -0.05) is 12.1 Å². The first-order valence-corrected chi connectivity index (χ1v) is 3.66. The zero-order chi connectivity index (χ0) is 8.97. The number of hydrogen-bond donors (Lipinski definition) is 2. The Kier molecular flexibility index (Phi) is 2.94. The van der Waals surface area contributed by atoms with Gasteiger partial charge in [-0.25, -0.2) is 4.39 Å². The highest BCUT2D eigenvalue weighted by Gasteiger charge is 2.04. The van der Waals surface area contributed by atoms with Crippen molar-refractivity contribution in [1.82, 2.24) is 0 Å². The monoisotopic (exact) mass is 167 g/mol. The average Bonchev–Trinajstić information content (AvgIpc) is 2.06. The van der Waals surface area contributed by atoms with Gasteiger partial charge in [0, 0.05) is 6.42 Å². The second kappa shape index (κ2) is 3.97. The molecular weight excluding hydrogens is 157 g/mol. The van der Waals surface area contributed by atoms with Crippen LogP contribution in [0.3, 0.4) is 0 Å². The number of halogens is 1. The van der Waals surface area contributed by atoms with Crippen LogP contribution in [0.15, 0.2) is 24.3 Å². The molecule has 0 spiro atoms. The number of aliphatic hydroxyl groups excluding tert-OH is 1. The third kappa shape index (κ3) is 2.13. The number of benzene rings is 1. The summed E-state index contributed by atoms with van der Waals surface area (Å²) in [6.07, 6.45) is 0.711. The Bertz CT molecular complexity index is 258. The Labute approximate surface area is 70.2 Å². The van der Waals surface area contributed by atoms with Gasteiger partial charge in [-0.05, 0) is 23.9 Å². The van der Waals surface area contributed by atoms with Crippen LogP contribution in [0, 0.1) is 11.2 Å². The number of aliphatic hydroxyl groups is 1. The summed E-state index contributed by atoms with van der Waals surface area (Å²) in [6, 6.07) is 5.62. The lowest BCUT2D eigenvalue weighted by Crippen LogP contribution is -1.97. The van der Waals surface area contributed by atoms with Crippen LogP contribution in [0.5, 0.6) is 0 Å². The molecule has 2 nitrogen and oxygen atoms in total. The summed E-state index contributed by atoms with van der Waals surface area (Å²) in [7, 11) is 0. The largest absolute Gasteiger partial charge is 0.388 e. The first kappa shape index (κ1) is 8.87. The van der Waals surface area contributed by atoms with Crippen molar-refractivity contribution in [3.8, 4) is 0 Å². The van der Waals surface area contributed by atoms with Crippen LogP contribution < -0.4 is 0 Å². The van der Waals surface area contributed by atoms with Gasteiger partial charge in [0.15, 0.2) is 0 Å². The zero-order valence-electron chi connectivity index (χ0n) is 6.50. The topological polar surface area (TPSA) is 44.1 Å². The summed E-state index contributed by atoms with van der Waals surface area (Å²) < 4.78 is 12.4. The van der Waals surface area contributed by atoms with E-state index in [1.807, 2.05) is 0 Å². The van der Waals surface area contributed by atoms with Gasteiger partial charge < -0.3 is 10.5 Å². The van der Waals surface area contributed by atoms with Crippen molar-refractivity contribution in [3.05, 3.63) is 35.6 Å². The highest BCUT2D eigenvalue weighted by atomic mass is 19.1. The van der Waals surface area contributed by atoms with Gasteiger partial charge in [0.05, 0.1) is 6.10 Å². The van der Waals surface area contributed by atoms with Crippen molar-refractivity contribution < 1.29 is 9.50 Å². The summed E-state index contributed by atoms with van der Waals surface area (Å²) in [5.41, 5.74) is 0.639. The minimum Gasteiger partial charge on any atom is -0.388 e. The van der Waals surface area contributed by atoms with E-state index in [0.717, 1.165) is 6.21 Å². The van der Waals surface area contributed by atoms with E-state index in [9.17, 15) is 9.50 Å². The molecule has 64 valence electrons. The molecule has 0 aromatic heterocycles. The molecule has 1 rings (SSSR count). The second-order valence-electron chi connectivity index (χ2n) is 2.51. The van der Waals surface area contributed by atoms with Crippen LogP contribution in [0.2, 0.25) is 0 Å². The normalized spacial score (nSPS) is 12.5. The molecule has 0 aliphatic carbocycles. The van der Waals surface area contributed by atoms with E-state index in [0.29, 0.717) is 5.56 Å². The molecular formula is C9H10FNO. The molecule has 12 heavy (non-hydrogen) atoms. The fraction of sp³-hybridized carbons (Fsp3) is 0.222. The van der Waals surface area contributed by atoms with Gasteiger partial charge in [-0.15, -0.1) is 0 Å². The molecule has 0 amide bonds. The molecule has 0 bridgehead atoms. The Morgan fingerprint density at radius 3 is 2.50 bits per heavy atom. The van der Waals surface area contributed by atoms with Crippen molar-refractivity contribution >= 4 is 6.21 Å². The van der Waals surface area contributed by atoms with Crippen LogP contribution in [0.4, 0.5) is 4.39 Å². The Hall–Kier alpha value is -1.22. The third-order valence-electron chi connectivity index (χ3n) is 1.60. The molecule has 1 aromatic rings. The fourth-order valence-corrected chi connectivity index (χ4v) is 0.933. The smallest absolute Gasteiger partial charge is 0.123 e. The molecule has 0 fully saturated rings. The van der Waals surface area contributed by atoms with E-state index in [4.69, 9.17) is 5.41 Å². The minimum atomic E-state index is -0.692. The Morgan fingerprint density at radius 1 is 1.42 bits per heavy atom. The summed E-state index contributed by atoms with van der Waals surface area (Å²) in [4.78, 5) is 0. The number of rotatable bonds is 3. The van der Waals surface area contributed by atoms with E-state index in [-0.39, 0.29) is 12.2 Å². The minimum absolute atomic E-state index is 0.269. The maximum absolute atomic E-state index is 12.4. The molecule has 0 unspecified atom stereocenters. The van der Waals surface area contributed by atoms with Crippen molar-refractivity contribution in [2.45, 2.75) is 12.5 Å². The average molecular weight is 167 g/mol. The highest BCUT2D eigenvalue weighted by Crippen LogP contribution is 2.15. The SMILES string of the molecule is N=CC[C@H](O)c1ccc(F)cc1. The predicted molar refractivity (Wildman–Crippen MR) is 44.8 cm³/mol. The van der Waals surface area contributed by atoms with Gasteiger partial charge in [0.2, 0.25) is 0 Å². The van der Waals surface area contributed by atoms with Gasteiger partial charge in [-0.2, -0.15) is 0 Å². The molecule has 0 saturated heterocycles. The first-order valence-electron chi connectivity index (χ1n) is 3.66. The molecule has 1 aromatic carbocycles. The Balaban J connectivity index is 2.74. The molecule has 1 atom stereocenters. The van der Waals surface area contributed by atoms with E-state index in [1.54, 1.807) is 0 Å². The summed E-state index contributed by atoms with van der Waals surface area (Å²) in [5, 5.41) is 16.1. The van der Waals surface area contributed by atoms with Crippen LogP contribution in [0.1, 0.15) is 18.1 Å². The molecule has 3 heteroatoms. The van der Waals surface area contributed by atoms with Crippen molar-refractivity contribution in [2.24, 2.45) is 0 Å². The number of hydrogen-bond acceptors (Lipinski definition) is 2. The summed E-state index contributed by atoms with van der Waals surface area (Å²) >= 11 is 0. The molecule has 0 saturated carbocycles. The highest BCUT2D eigenvalue weighted by molar-refractivity contribution is 5.54. The lowest BCUT2D eigenvalue weighted by molar-refractivity contribution is 0.187. The lowest BCUT2D eigenvalue weighted by atomic mass is 10.1. The standard InChI is InChI=1S/C9H10FNO/c10-8-3-1-7(2-4-8)9(12)5-6-11/h1-4,6,9,11-12H,5H2/t9-/m0/s1. The van der Waals surface area contributed by atoms with Crippen LogP contribution in [-0.2, 0) is 0 Å². The second-order valence-corrected chi connectivity index (χ2v) is 2.51. The van der Waals surface area contributed by atoms with Crippen molar-refractivity contribution in [1.29, 1.82) is 5.41 Å². The predicted octanol–water partition coefficient (Wildman–Crippen LogP) is 1.90. The van der Waals surface area contributed by atoms with E-state index in [2.05, 4.69) is 0 Å². The quantitative estimate of drug-likeness (QED) is 0.663. The maximum atomic E-state index is 12.4. The Morgan fingerprint density at radius 2 is 2.00 bits per heavy atom. The fourth-order valence-electron chi connectivity index (χ4n) is 0.933. The van der Waals surface area contributed by atoms with Gasteiger partial charge in [0.25, 0.3) is 0 Å². The molecule has 0 aliphatic rings. The zero-order valence-corrected chi connectivity index (χ0v) is 6.50. The molecule has 0 heterocycles. The molecule has 0 radical (unpaired) electrons. The molecule has 2 N–H and O–H groups in total. The van der Waals surface area contributed by atoms with E-state index >= 15 is 0 Å². The van der Waals surface area contributed by atoms with Crippen molar-refractivity contribution in [3.63, 3.8) is 0 Å². The van der Waals surface area contributed by atoms with Crippen LogP contribution in [-0.4, -0.2) is 11.3 Å². The first-order chi connectivity index (χ1) is 5.74. The summed E-state index contributed by atoms with van der Waals surface area (Å²) in [6.45, 7) is 0. The molecule has 0 aliphatic heterocycles. The van der Waals surface area contributed by atoms with Gasteiger partial charge in [-0.3, -0.25) is 0 Å². The van der Waals surface area contributed by atoms with E-state index in [1.165, 1.54) is 24.3 Å². The maximum Gasteiger partial charge on any atom is 0.123 e. The third-order valence-corrected chi connectivity index (χ3v) is 1.60. The van der Waals surface area contributed by atoms with E-state index < -0.39 is 6.10 Å². The lowest BCUT2D eigenvalue weighted by Gasteiger charge is -2.06. The van der Waals surface area contributed by atoms with Crippen molar-refractivity contribution in [2.75, 3.05) is 0 Å². The number of nitrogens with one attached hydrogen (secondary N) is 1. The summed E-state index contributed by atoms with van der Waals surface area (Å²) in [5.74, 6) is -0.319. The van der Waals surface area contributed by atoms with Crippen LogP contribution in [0.25, 0.3) is 0 Å². The van der Waals surface area contributed by atoms with Crippen LogP contribution >= 0.6 is 0 Å².